The van der Waals surface area contributed by atoms with E-state index in [1.54, 1.807) is 0 Å². The number of rotatable bonds is 10. The van der Waals surface area contributed by atoms with Crippen molar-refractivity contribution in [1.29, 1.82) is 0 Å². The van der Waals surface area contributed by atoms with Gasteiger partial charge in [-0.2, -0.15) is 0 Å². The average Bonchev–Trinajstić information content (AvgIpc) is 2.44. The standard InChI is InChI=1S/C16H25NO3/c1-3-17(4-2)14-9-8-10-15(13-14)20-12-7-5-6-11-16(18)19/h8-10,13H,3-7,11-12H2,1-2H3,(H,18,19). The molecule has 0 aliphatic heterocycles. The number of unbranched alkanes of at least 4 members (excludes halogenated alkanes) is 2. The fourth-order valence-electron chi connectivity index (χ4n) is 2.10. The van der Waals surface area contributed by atoms with E-state index in [1.165, 1.54) is 5.69 Å². The minimum atomic E-state index is -0.724. The maximum absolute atomic E-state index is 10.4. The Hall–Kier alpha value is -1.71. The second-order valence-corrected chi connectivity index (χ2v) is 4.72. The van der Waals surface area contributed by atoms with Crippen LogP contribution in [-0.2, 0) is 4.79 Å². The minimum Gasteiger partial charge on any atom is -0.494 e. The number of hydrogen-bond donors (Lipinski definition) is 1. The summed E-state index contributed by atoms with van der Waals surface area (Å²) in [6.45, 7) is 6.88. The molecule has 0 heterocycles. The molecule has 1 rings (SSSR count). The predicted molar refractivity (Wildman–Crippen MR) is 81.6 cm³/mol. The van der Waals surface area contributed by atoms with Gasteiger partial charge in [-0.3, -0.25) is 4.79 Å². The van der Waals surface area contributed by atoms with Crippen LogP contribution in [0, 0.1) is 0 Å². The first-order valence-corrected chi connectivity index (χ1v) is 7.37. The lowest BCUT2D eigenvalue weighted by molar-refractivity contribution is -0.137. The zero-order valence-electron chi connectivity index (χ0n) is 12.5. The summed E-state index contributed by atoms with van der Waals surface area (Å²) in [7, 11) is 0. The molecule has 4 heteroatoms. The number of benzene rings is 1. The molecule has 20 heavy (non-hydrogen) atoms. The molecule has 112 valence electrons. The lowest BCUT2D eigenvalue weighted by Gasteiger charge is -2.21. The summed E-state index contributed by atoms with van der Waals surface area (Å²) < 4.78 is 5.72. The molecule has 0 amide bonds. The molecular weight excluding hydrogens is 254 g/mol. The molecule has 0 aliphatic rings. The van der Waals surface area contributed by atoms with Gasteiger partial charge in [0, 0.05) is 31.3 Å². The van der Waals surface area contributed by atoms with Gasteiger partial charge in [0.05, 0.1) is 6.61 Å². The number of aliphatic carboxylic acids is 1. The van der Waals surface area contributed by atoms with Gasteiger partial charge >= 0.3 is 5.97 Å². The highest BCUT2D eigenvalue weighted by atomic mass is 16.5. The number of ether oxygens (including phenoxy) is 1. The van der Waals surface area contributed by atoms with Crippen molar-refractivity contribution in [3.05, 3.63) is 24.3 Å². The SMILES string of the molecule is CCN(CC)c1cccc(OCCCCCC(=O)O)c1. The molecule has 0 bridgehead atoms. The highest BCUT2D eigenvalue weighted by Crippen LogP contribution is 2.21. The van der Waals surface area contributed by atoms with Gasteiger partial charge in [0.25, 0.3) is 0 Å². The van der Waals surface area contributed by atoms with Crippen LogP contribution in [0.2, 0.25) is 0 Å². The highest BCUT2D eigenvalue weighted by molar-refractivity contribution is 5.66. The van der Waals surface area contributed by atoms with Crippen molar-refractivity contribution in [1.82, 2.24) is 0 Å². The summed E-state index contributed by atoms with van der Waals surface area (Å²) in [4.78, 5) is 12.7. The van der Waals surface area contributed by atoms with Crippen molar-refractivity contribution < 1.29 is 14.6 Å². The van der Waals surface area contributed by atoms with E-state index in [0.29, 0.717) is 6.61 Å². The second kappa shape index (κ2) is 9.23. The third kappa shape index (κ3) is 5.95. The van der Waals surface area contributed by atoms with E-state index < -0.39 is 5.97 Å². The number of anilines is 1. The van der Waals surface area contributed by atoms with Gasteiger partial charge in [0.2, 0.25) is 0 Å². The molecule has 0 fully saturated rings. The Bertz CT molecular complexity index is 402. The second-order valence-electron chi connectivity index (χ2n) is 4.72. The first-order valence-electron chi connectivity index (χ1n) is 7.37. The molecule has 0 unspecified atom stereocenters. The maximum Gasteiger partial charge on any atom is 0.303 e. The smallest absolute Gasteiger partial charge is 0.303 e. The van der Waals surface area contributed by atoms with E-state index >= 15 is 0 Å². The summed E-state index contributed by atoms with van der Waals surface area (Å²) in [5, 5.41) is 8.54. The quantitative estimate of drug-likeness (QED) is 0.665. The Morgan fingerprint density at radius 2 is 1.95 bits per heavy atom. The fraction of sp³-hybridized carbons (Fsp3) is 0.562. The molecule has 1 aromatic carbocycles. The van der Waals surface area contributed by atoms with E-state index in [4.69, 9.17) is 9.84 Å². The summed E-state index contributed by atoms with van der Waals surface area (Å²) in [5.41, 5.74) is 1.18. The maximum atomic E-state index is 10.4. The van der Waals surface area contributed by atoms with Crippen LogP contribution in [0.25, 0.3) is 0 Å². The van der Waals surface area contributed by atoms with Crippen LogP contribution in [0.3, 0.4) is 0 Å². The van der Waals surface area contributed by atoms with Crippen molar-refractivity contribution in [3.63, 3.8) is 0 Å². The Kier molecular flexibility index (Phi) is 7.55. The Morgan fingerprint density at radius 1 is 1.20 bits per heavy atom. The largest absolute Gasteiger partial charge is 0.494 e. The molecule has 0 spiro atoms. The molecule has 4 nitrogen and oxygen atoms in total. The third-order valence-corrected chi connectivity index (χ3v) is 3.25. The summed E-state index contributed by atoms with van der Waals surface area (Å²) in [6.07, 6.45) is 2.75. The van der Waals surface area contributed by atoms with E-state index in [1.807, 2.05) is 12.1 Å². The van der Waals surface area contributed by atoms with E-state index in [-0.39, 0.29) is 6.42 Å². The monoisotopic (exact) mass is 279 g/mol. The van der Waals surface area contributed by atoms with Crippen LogP contribution >= 0.6 is 0 Å². The van der Waals surface area contributed by atoms with E-state index in [9.17, 15) is 4.79 Å². The van der Waals surface area contributed by atoms with Crippen molar-refractivity contribution in [2.45, 2.75) is 39.5 Å². The molecule has 0 saturated heterocycles. The minimum absolute atomic E-state index is 0.247. The van der Waals surface area contributed by atoms with Crippen LogP contribution in [0.4, 0.5) is 5.69 Å². The van der Waals surface area contributed by atoms with Gasteiger partial charge in [0.1, 0.15) is 5.75 Å². The van der Waals surface area contributed by atoms with Crippen LogP contribution in [0.1, 0.15) is 39.5 Å². The molecule has 0 aromatic heterocycles. The number of carbonyl (C=O) groups is 1. The lowest BCUT2D eigenvalue weighted by Crippen LogP contribution is -2.21. The van der Waals surface area contributed by atoms with Crippen molar-refractivity contribution >= 4 is 11.7 Å². The molecule has 0 aliphatic carbocycles. The van der Waals surface area contributed by atoms with Crippen LogP contribution in [0.5, 0.6) is 5.75 Å². The third-order valence-electron chi connectivity index (χ3n) is 3.25. The topological polar surface area (TPSA) is 49.8 Å². The van der Waals surface area contributed by atoms with E-state index in [2.05, 4.69) is 30.9 Å². The molecule has 0 atom stereocenters. The summed E-state index contributed by atoms with van der Waals surface area (Å²) in [6, 6.07) is 8.12. The van der Waals surface area contributed by atoms with Gasteiger partial charge in [-0.05, 0) is 45.2 Å². The number of hydrogen-bond acceptors (Lipinski definition) is 3. The Labute approximate surface area is 121 Å². The highest BCUT2D eigenvalue weighted by Gasteiger charge is 2.03. The van der Waals surface area contributed by atoms with Gasteiger partial charge in [-0.25, -0.2) is 0 Å². The summed E-state index contributed by atoms with van der Waals surface area (Å²) >= 11 is 0. The average molecular weight is 279 g/mol. The number of carboxylic acids is 1. The van der Waals surface area contributed by atoms with Gasteiger partial charge in [-0.1, -0.05) is 6.07 Å². The first-order chi connectivity index (χ1) is 9.67. The lowest BCUT2D eigenvalue weighted by atomic mass is 10.2. The van der Waals surface area contributed by atoms with Crippen LogP contribution in [0.15, 0.2) is 24.3 Å². The van der Waals surface area contributed by atoms with Gasteiger partial charge in [-0.15, -0.1) is 0 Å². The fourth-order valence-corrected chi connectivity index (χ4v) is 2.10. The number of carboxylic acid groups (broad SMARTS) is 1. The molecule has 0 saturated carbocycles. The molecule has 1 N–H and O–H groups in total. The van der Waals surface area contributed by atoms with Crippen molar-refractivity contribution in [3.8, 4) is 5.75 Å². The Balaban J connectivity index is 2.33. The molecular formula is C16H25NO3. The first kappa shape index (κ1) is 16.3. The van der Waals surface area contributed by atoms with Crippen molar-refractivity contribution in [2.75, 3.05) is 24.6 Å². The summed E-state index contributed by atoms with van der Waals surface area (Å²) in [5.74, 6) is 0.158. The Morgan fingerprint density at radius 3 is 2.60 bits per heavy atom. The zero-order chi connectivity index (χ0) is 14.8. The molecule has 1 aromatic rings. The van der Waals surface area contributed by atoms with Crippen LogP contribution < -0.4 is 9.64 Å². The number of nitrogens with zero attached hydrogens (tertiary/aromatic N) is 1. The zero-order valence-corrected chi connectivity index (χ0v) is 12.5. The van der Waals surface area contributed by atoms with Crippen LogP contribution in [-0.4, -0.2) is 30.8 Å². The predicted octanol–water partition coefficient (Wildman–Crippen LogP) is 3.56. The molecule has 0 radical (unpaired) electrons. The van der Waals surface area contributed by atoms with Crippen molar-refractivity contribution in [2.24, 2.45) is 0 Å². The van der Waals surface area contributed by atoms with Gasteiger partial charge in [0.15, 0.2) is 0 Å². The normalized spacial score (nSPS) is 10.3. The van der Waals surface area contributed by atoms with E-state index in [0.717, 1.165) is 38.1 Å². The van der Waals surface area contributed by atoms with Gasteiger partial charge < -0.3 is 14.7 Å².